The predicted molar refractivity (Wildman–Crippen MR) is 119 cm³/mol. The molecule has 0 saturated carbocycles. The average molecular weight is 436 g/mol. The third-order valence-electron chi connectivity index (χ3n) is 4.90. The van der Waals surface area contributed by atoms with E-state index in [0.717, 1.165) is 22.9 Å². The van der Waals surface area contributed by atoms with Crippen molar-refractivity contribution >= 4 is 40.4 Å². The van der Waals surface area contributed by atoms with Crippen molar-refractivity contribution in [3.05, 3.63) is 63.9 Å². The number of thioether (sulfide) groups is 1. The first-order chi connectivity index (χ1) is 14.8. The van der Waals surface area contributed by atoms with Gasteiger partial charge in [-0.1, -0.05) is 36.0 Å². The quantitative estimate of drug-likeness (QED) is 0.473. The monoisotopic (exact) mass is 436 g/mol. The number of hydrogen-bond donors (Lipinski definition) is 2. The van der Waals surface area contributed by atoms with Crippen molar-refractivity contribution in [3.63, 3.8) is 0 Å². The molecule has 1 atom stereocenters. The van der Waals surface area contributed by atoms with E-state index in [9.17, 15) is 14.4 Å². The number of nitrogens with one attached hydrogen (secondary N) is 1. The van der Waals surface area contributed by atoms with Crippen LogP contribution >= 0.6 is 11.8 Å². The molecule has 2 aromatic heterocycles. The zero-order chi connectivity index (χ0) is 22.3. The topological polar surface area (TPSA) is 124 Å². The van der Waals surface area contributed by atoms with E-state index >= 15 is 0 Å². The second-order valence-corrected chi connectivity index (χ2v) is 8.49. The maximum atomic E-state index is 13.4. The molecule has 0 fully saturated rings. The summed E-state index contributed by atoms with van der Waals surface area (Å²) >= 11 is 1.12. The Kier molecular flexibility index (Phi) is 5.24. The molecule has 0 aliphatic carbocycles. The summed E-state index contributed by atoms with van der Waals surface area (Å²) in [5.41, 5.74) is 8.09. The highest BCUT2D eigenvalue weighted by atomic mass is 32.2. The Morgan fingerprint density at radius 3 is 2.61 bits per heavy atom. The molecular formula is C21H20N6O3S. The van der Waals surface area contributed by atoms with Crippen molar-refractivity contribution in [2.45, 2.75) is 31.2 Å². The van der Waals surface area contributed by atoms with Crippen LogP contribution in [-0.2, 0) is 4.79 Å². The Labute approximate surface area is 181 Å². The maximum absolute atomic E-state index is 13.4. The molecule has 0 radical (unpaired) electrons. The van der Waals surface area contributed by atoms with E-state index in [1.54, 1.807) is 29.5 Å². The number of nitrogens with zero attached hydrogens (tertiary/aromatic N) is 4. The lowest BCUT2D eigenvalue weighted by atomic mass is 10.1. The van der Waals surface area contributed by atoms with E-state index in [1.165, 1.54) is 4.57 Å². The van der Waals surface area contributed by atoms with E-state index in [4.69, 9.17) is 5.73 Å². The number of para-hydroxylation sites is 1. The number of fused-ring (bicyclic) bond motifs is 3. The standard InChI is InChI=1S/C21H20N6O3S/c1-11-8-9-12(2)16(10-11)26-18(29)14-6-4-5-7-15(14)27-20(26)24-25-21(27)31-13(3)17(28)23-19(22)30/h4-10,13H,1-3H3,(H3,22,23,28,30). The van der Waals surface area contributed by atoms with E-state index in [0.29, 0.717) is 27.5 Å². The Morgan fingerprint density at radius 2 is 1.87 bits per heavy atom. The summed E-state index contributed by atoms with van der Waals surface area (Å²) in [6.45, 7) is 5.51. The molecule has 2 heterocycles. The SMILES string of the molecule is Cc1ccc(C)c(-n2c(=O)c3ccccc3n3c(SC(C)C(=O)NC(N)=O)nnc23)c1. The minimum absolute atomic E-state index is 0.208. The number of urea groups is 1. The summed E-state index contributed by atoms with van der Waals surface area (Å²) in [4.78, 5) is 36.6. The summed E-state index contributed by atoms with van der Waals surface area (Å²) in [5, 5.41) is 10.8. The van der Waals surface area contributed by atoms with E-state index in [-0.39, 0.29) is 5.56 Å². The zero-order valence-corrected chi connectivity index (χ0v) is 17.9. The lowest BCUT2D eigenvalue weighted by Crippen LogP contribution is -2.39. The van der Waals surface area contributed by atoms with Crippen molar-refractivity contribution in [2.75, 3.05) is 0 Å². The zero-order valence-electron chi connectivity index (χ0n) is 17.1. The van der Waals surface area contributed by atoms with Crippen molar-refractivity contribution in [3.8, 4) is 5.69 Å². The van der Waals surface area contributed by atoms with Gasteiger partial charge in [0.1, 0.15) is 0 Å². The molecule has 4 aromatic rings. The molecule has 10 heteroatoms. The van der Waals surface area contributed by atoms with Gasteiger partial charge in [-0.3, -0.25) is 19.3 Å². The van der Waals surface area contributed by atoms with Crippen LogP contribution in [-0.4, -0.2) is 36.4 Å². The molecule has 0 spiro atoms. The van der Waals surface area contributed by atoms with Crippen LogP contribution in [0.2, 0.25) is 0 Å². The Balaban J connectivity index is 1.98. The van der Waals surface area contributed by atoms with Crippen molar-refractivity contribution < 1.29 is 9.59 Å². The second kappa shape index (κ2) is 7.88. The lowest BCUT2D eigenvalue weighted by Gasteiger charge is -2.14. The molecule has 2 aromatic carbocycles. The van der Waals surface area contributed by atoms with Gasteiger partial charge in [0.2, 0.25) is 11.7 Å². The molecule has 1 unspecified atom stereocenters. The normalized spacial score (nSPS) is 12.2. The fraction of sp³-hybridized carbons (Fsp3) is 0.190. The number of nitrogens with two attached hydrogens (primary N) is 1. The van der Waals surface area contributed by atoms with Gasteiger partial charge < -0.3 is 5.73 Å². The van der Waals surface area contributed by atoms with Crippen LogP contribution in [0.5, 0.6) is 0 Å². The summed E-state index contributed by atoms with van der Waals surface area (Å²) in [5.74, 6) is -0.205. The maximum Gasteiger partial charge on any atom is 0.318 e. The number of carbonyl (C=O) groups is 2. The first-order valence-corrected chi connectivity index (χ1v) is 10.4. The third-order valence-corrected chi connectivity index (χ3v) is 5.94. The van der Waals surface area contributed by atoms with Crippen LogP contribution in [0.15, 0.2) is 52.4 Å². The first-order valence-electron chi connectivity index (χ1n) is 9.51. The van der Waals surface area contributed by atoms with Crippen LogP contribution in [0.4, 0.5) is 4.79 Å². The van der Waals surface area contributed by atoms with Gasteiger partial charge in [0.05, 0.1) is 21.8 Å². The molecule has 3 amide bonds. The van der Waals surface area contributed by atoms with Crippen LogP contribution in [0.1, 0.15) is 18.1 Å². The van der Waals surface area contributed by atoms with Crippen LogP contribution in [0.3, 0.4) is 0 Å². The highest BCUT2D eigenvalue weighted by Gasteiger charge is 2.23. The lowest BCUT2D eigenvalue weighted by molar-refractivity contribution is -0.119. The van der Waals surface area contributed by atoms with Crippen LogP contribution in [0, 0.1) is 13.8 Å². The van der Waals surface area contributed by atoms with E-state index < -0.39 is 17.2 Å². The van der Waals surface area contributed by atoms with Crippen molar-refractivity contribution in [1.82, 2.24) is 24.5 Å². The van der Waals surface area contributed by atoms with Gasteiger partial charge in [0.25, 0.3) is 5.56 Å². The van der Waals surface area contributed by atoms with Gasteiger partial charge in [-0.05, 0) is 50.1 Å². The highest BCUT2D eigenvalue weighted by Crippen LogP contribution is 2.27. The summed E-state index contributed by atoms with van der Waals surface area (Å²) in [6, 6.07) is 12.1. The summed E-state index contributed by atoms with van der Waals surface area (Å²) in [6.07, 6.45) is 0. The number of rotatable bonds is 4. The number of benzene rings is 2. The largest absolute Gasteiger partial charge is 0.351 e. The molecule has 0 aliphatic heterocycles. The average Bonchev–Trinajstić information content (AvgIpc) is 3.13. The fourth-order valence-electron chi connectivity index (χ4n) is 3.37. The van der Waals surface area contributed by atoms with Gasteiger partial charge in [0, 0.05) is 0 Å². The van der Waals surface area contributed by atoms with Crippen molar-refractivity contribution in [2.24, 2.45) is 5.73 Å². The summed E-state index contributed by atoms with van der Waals surface area (Å²) < 4.78 is 3.28. The molecular weight excluding hydrogens is 416 g/mol. The number of imide groups is 1. The van der Waals surface area contributed by atoms with Gasteiger partial charge in [0.15, 0.2) is 5.16 Å². The molecule has 31 heavy (non-hydrogen) atoms. The van der Waals surface area contributed by atoms with Gasteiger partial charge >= 0.3 is 6.03 Å². The number of primary amides is 1. The number of amides is 3. The third kappa shape index (κ3) is 3.66. The molecule has 4 rings (SSSR count). The Morgan fingerprint density at radius 1 is 1.13 bits per heavy atom. The fourth-order valence-corrected chi connectivity index (χ4v) is 4.22. The van der Waals surface area contributed by atoms with Gasteiger partial charge in [-0.25, -0.2) is 9.36 Å². The van der Waals surface area contributed by atoms with E-state index in [1.807, 2.05) is 38.1 Å². The van der Waals surface area contributed by atoms with Crippen molar-refractivity contribution in [1.29, 1.82) is 0 Å². The molecule has 158 valence electrons. The molecule has 3 N–H and O–H groups in total. The smallest absolute Gasteiger partial charge is 0.318 e. The minimum Gasteiger partial charge on any atom is -0.351 e. The van der Waals surface area contributed by atoms with E-state index in [2.05, 4.69) is 15.5 Å². The summed E-state index contributed by atoms with van der Waals surface area (Å²) in [7, 11) is 0. The van der Waals surface area contributed by atoms with Crippen LogP contribution in [0.25, 0.3) is 22.4 Å². The Hall–Kier alpha value is -3.66. The predicted octanol–water partition coefficient (Wildman–Crippen LogP) is 2.33. The number of carbonyl (C=O) groups excluding carboxylic acids is 2. The Bertz CT molecular complexity index is 1410. The molecule has 0 saturated heterocycles. The van der Waals surface area contributed by atoms with Gasteiger partial charge in [-0.2, -0.15) is 0 Å². The number of aryl methyl sites for hydroxylation is 2. The number of hydrogen-bond acceptors (Lipinski definition) is 6. The first kappa shape index (κ1) is 20.6. The molecule has 9 nitrogen and oxygen atoms in total. The van der Waals surface area contributed by atoms with Gasteiger partial charge in [-0.15, -0.1) is 10.2 Å². The van der Waals surface area contributed by atoms with Crippen LogP contribution < -0.4 is 16.6 Å². The second-order valence-electron chi connectivity index (χ2n) is 7.18. The molecule has 0 bridgehead atoms. The number of aromatic nitrogens is 4. The highest BCUT2D eigenvalue weighted by molar-refractivity contribution is 8.00. The minimum atomic E-state index is -0.919. The molecule has 0 aliphatic rings.